The van der Waals surface area contributed by atoms with Crippen molar-refractivity contribution in [3.05, 3.63) is 64.3 Å². The normalized spacial score (nSPS) is 7.58. The Kier molecular flexibility index (Phi) is 12.7. The van der Waals surface area contributed by atoms with Gasteiger partial charge in [-0.3, -0.25) is 0 Å². The van der Waals surface area contributed by atoms with Crippen LogP contribution >= 0.6 is 11.6 Å². The molecule has 43 heavy (non-hydrogen) atoms. The van der Waals surface area contributed by atoms with Gasteiger partial charge in [-0.25, -0.2) is 0 Å². The van der Waals surface area contributed by atoms with Crippen molar-refractivity contribution in [2.75, 3.05) is 0 Å². The van der Waals surface area contributed by atoms with Gasteiger partial charge >= 0.3 is 0 Å². The fraction of sp³-hybridized carbons (Fsp3) is 0.0769. The number of aliphatic hydroxyl groups is 1. The monoisotopic (exact) mass is 565 g/mol. The summed E-state index contributed by atoms with van der Waals surface area (Å²) >= 11 is 6.21. The lowest BCUT2D eigenvalue weighted by Gasteiger charge is -2.09. The summed E-state index contributed by atoms with van der Waals surface area (Å²) in [6.07, 6.45) is 9.45. The average molecular weight is 566 g/mol. The standard InChI is InChI=1S/C39H16ClNO2/c1-3-4-5-6-7-8-9-10-11-12-13-14-15-16-17-18-19-20-21-22-25-43-37-27-33(2)26-34(28-37)30-41-31-35(32-42)38-24-23-36(40)29-39(38)41/h1,23-24,26-29,31,42H,30,32H2,2H3. The lowest BCUT2D eigenvalue weighted by Crippen LogP contribution is -1.99. The Bertz CT molecular complexity index is 2270. The van der Waals surface area contributed by atoms with E-state index >= 15 is 0 Å². The van der Waals surface area contributed by atoms with E-state index in [-0.39, 0.29) is 6.61 Å². The molecule has 196 valence electrons. The highest BCUT2D eigenvalue weighted by Crippen LogP contribution is 2.26. The van der Waals surface area contributed by atoms with Crippen LogP contribution in [-0.4, -0.2) is 9.67 Å². The second-order valence-corrected chi connectivity index (χ2v) is 8.42. The van der Waals surface area contributed by atoms with Crippen molar-refractivity contribution in [3.8, 4) is 137 Å². The van der Waals surface area contributed by atoms with Crippen molar-refractivity contribution in [3.63, 3.8) is 0 Å². The Labute approximate surface area is 257 Å². The molecule has 0 spiro atoms. The van der Waals surface area contributed by atoms with Crippen molar-refractivity contribution in [2.45, 2.75) is 20.1 Å². The number of aromatic nitrogens is 1. The maximum absolute atomic E-state index is 9.74. The summed E-state index contributed by atoms with van der Waals surface area (Å²) in [4.78, 5) is 0. The summed E-state index contributed by atoms with van der Waals surface area (Å²) in [6, 6.07) is 11.5. The van der Waals surface area contributed by atoms with Crippen LogP contribution in [0.2, 0.25) is 5.02 Å². The number of halogens is 1. The van der Waals surface area contributed by atoms with Crippen LogP contribution in [0.4, 0.5) is 0 Å². The second kappa shape index (κ2) is 17.7. The van der Waals surface area contributed by atoms with Crippen LogP contribution < -0.4 is 4.74 Å². The van der Waals surface area contributed by atoms with Crippen LogP contribution in [0.1, 0.15) is 16.7 Å². The van der Waals surface area contributed by atoms with Gasteiger partial charge in [-0.15, -0.1) is 6.42 Å². The SMILES string of the molecule is C#CC#CC#CC#CC#CC#CC#CC#CC#CC#CC#COc1cc(C)cc(Cn2cc(CO)c3ccc(Cl)cc32)c1. The molecule has 0 saturated heterocycles. The zero-order valence-corrected chi connectivity index (χ0v) is 23.5. The molecule has 1 heterocycles. The highest BCUT2D eigenvalue weighted by molar-refractivity contribution is 6.31. The molecule has 0 radical (unpaired) electrons. The van der Waals surface area contributed by atoms with Gasteiger partial charge in [0.1, 0.15) is 11.9 Å². The molecule has 4 heteroatoms. The van der Waals surface area contributed by atoms with Crippen LogP contribution in [0.25, 0.3) is 10.9 Å². The summed E-state index contributed by atoms with van der Waals surface area (Å²) < 4.78 is 7.61. The topological polar surface area (TPSA) is 34.4 Å². The number of hydrogen-bond donors (Lipinski definition) is 1. The largest absolute Gasteiger partial charge is 0.407 e. The van der Waals surface area contributed by atoms with Crippen molar-refractivity contribution in [1.29, 1.82) is 0 Å². The van der Waals surface area contributed by atoms with Crippen LogP contribution in [0.5, 0.6) is 5.75 Å². The Morgan fingerprint density at radius 1 is 0.721 bits per heavy atom. The minimum atomic E-state index is -0.0538. The van der Waals surface area contributed by atoms with Gasteiger partial charge in [0.2, 0.25) is 0 Å². The number of nitrogens with zero attached hydrogens (tertiary/aromatic N) is 1. The maximum Gasteiger partial charge on any atom is 0.140 e. The van der Waals surface area contributed by atoms with Crippen molar-refractivity contribution >= 4 is 22.5 Å². The Morgan fingerprint density at radius 2 is 1.26 bits per heavy atom. The molecular weight excluding hydrogens is 550 g/mol. The number of terminal acetylenes is 1. The molecule has 0 aliphatic heterocycles. The van der Waals surface area contributed by atoms with Gasteiger partial charge in [0.05, 0.1) is 12.1 Å². The molecule has 1 N–H and O–H groups in total. The predicted molar refractivity (Wildman–Crippen MR) is 170 cm³/mol. The minimum Gasteiger partial charge on any atom is -0.407 e. The number of benzene rings is 2. The number of aryl methyl sites for hydroxylation is 1. The van der Waals surface area contributed by atoms with E-state index in [1.165, 1.54) is 0 Å². The van der Waals surface area contributed by atoms with Gasteiger partial charge < -0.3 is 14.4 Å². The molecule has 3 aromatic rings. The molecule has 0 amide bonds. The third-order valence-corrected chi connectivity index (χ3v) is 5.21. The van der Waals surface area contributed by atoms with E-state index in [9.17, 15) is 5.11 Å². The molecule has 2 aromatic carbocycles. The van der Waals surface area contributed by atoms with E-state index in [1.54, 1.807) is 0 Å². The van der Waals surface area contributed by atoms with Gasteiger partial charge in [-0.2, -0.15) is 0 Å². The molecule has 0 saturated carbocycles. The summed E-state index contributed by atoms with van der Waals surface area (Å²) in [6.45, 7) is 2.49. The summed E-state index contributed by atoms with van der Waals surface area (Å²) in [5.41, 5.74) is 3.81. The van der Waals surface area contributed by atoms with Gasteiger partial charge in [0, 0.05) is 99.8 Å². The molecule has 3 rings (SSSR count). The van der Waals surface area contributed by atoms with E-state index in [1.807, 2.05) is 43.5 Å². The molecule has 0 atom stereocenters. The quantitative estimate of drug-likeness (QED) is 0.483. The number of hydrogen-bond acceptors (Lipinski definition) is 2. The Morgan fingerprint density at radius 3 is 1.79 bits per heavy atom. The van der Waals surface area contributed by atoms with Crippen molar-refractivity contribution in [1.82, 2.24) is 4.57 Å². The van der Waals surface area contributed by atoms with Crippen LogP contribution in [-0.2, 0) is 13.2 Å². The fourth-order valence-electron chi connectivity index (χ4n) is 3.45. The van der Waals surface area contributed by atoms with E-state index in [0.29, 0.717) is 17.3 Å². The Hall–Kier alpha value is -6.81. The number of fused-ring (bicyclic) bond motifs is 1. The first-order valence-corrected chi connectivity index (χ1v) is 12.6. The first kappa shape index (κ1) is 30.7. The third-order valence-electron chi connectivity index (χ3n) is 4.98. The third kappa shape index (κ3) is 11.1. The maximum atomic E-state index is 9.74. The molecule has 1 aromatic heterocycles. The van der Waals surface area contributed by atoms with E-state index in [4.69, 9.17) is 22.8 Å². The number of ether oxygens (including phenoxy) is 1. The lowest BCUT2D eigenvalue weighted by atomic mass is 10.1. The van der Waals surface area contributed by atoms with Crippen molar-refractivity contribution in [2.24, 2.45) is 0 Å². The smallest absolute Gasteiger partial charge is 0.140 e. The van der Waals surface area contributed by atoms with E-state index in [0.717, 1.165) is 27.6 Å². The number of rotatable bonds is 4. The fourth-order valence-corrected chi connectivity index (χ4v) is 3.61. The van der Waals surface area contributed by atoms with Crippen LogP contribution in [0.3, 0.4) is 0 Å². The molecule has 0 aliphatic carbocycles. The summed E-state index contributed by atoms with van der Waals surface area (Å²) in [5, 5.41) is 11.3. The van der Waals surface area contributed by atoms with Crippen molar-refractivity contribution < 1.29 is 9.84 Å². The molecule has 0 fully saturated rings. The highest BCUT2D eigenvalue weighted by atomic mass is 35.5. The van der Waals surface area contributed by atoms with Crippen LogP contribution in [0, 0.1) is 138 Å². The minimum absolute atomic E-state index is 0.0538. The van der Waals surface area contributed by atoms with Gasteiger partial charge in [-0.1, -0.05) is 23.7 Å². The molecule has 0 aliphatic rings. The lowest BCUT2D eigenvalue weighted by molar-refractivity contribution is 0.283. The zero-order chi connectivity index (χ0) is 30.5. The molecule has 3 nitrogen and oxygen atoms in total. The Balaban J connectivity index is 1.53. The summed E-state index contributed by atoms with van der Waals surface area (Å²) in [5.74, 6) is 50.4. The van der Waals surface area contributed by atoms with Crippen LogP contribution in [0.15, 0.2) is 42.6 Å². The van der Waals surface area contributed by atoms with Gasteiger partial charge in [0.15, 0.2) is 0 Å². The first-order chi connectivity index (χ1) is 21.1. The van der Waals surface area contributed by atoms with E-state index in [2.05, 4.69) is 135 Å². The molecule has 0 unspecified atom stereocenters. The molecule has 0 bridgehead atoms. The molecular formula is C39H16ClNO2. The first-order valence-electron chi connectivity index (χ1n) is 12.2. The summed E-state index contributed by atoms with van der Waals surface area (Å²) in [7, 11) is 0. The second-order valence-electron chi connectivity index (χ2n) is 7.98. The zero-order valence-electron chi connectivity index (χ0n) is 22.7. The average Bonchev–Trinajstić information content (AvgIpc) is 3.33. The van der Waals surface area contributed by atoms with Gasteiger partial charge in [0.25, 0.3) is 0 Å². The number of aliphatic hydroxyl groups excluding tert-OH is 1. The highest BCUT2D eigenvalue weighted by Gasteiger charge is 2.10. The van der Waals surface area contributed by atoms with E-state index < -0.39 is 0 Å². The predicted octanol–water partition coefficient (Wildman–Crippen LogP) is 4.15. The van der Waals surface area contributed by atoms with Gasteiger partial charge in [-0.05, 0) is 89.7 Å².